The second kappa shape index (κ2) is 15.7. The Labute approximate surface area is 305 Å². The van der Waals surface area contributed by atoms with E-state index >= 15 is 0 Å². The van der Waals surface area contributed by atoms with E-state index in [1.807, 2.05) is 65.0 Å². The van der Waals surface area contributed by atoms with E-state index in [9.17, 15) is 19.2 Å². The summed E-state index contributed by atoms with van der Waals surface area (Å²) in [5.41, 5.74) is 4.32. The molecule has 0 bridgehead atoms. The summed E-state index contributed by atoms with van der Waals surface area (Å²) < 4.78 is 0. The summed E-state index contributed by atoms with van der Waals surface area (Å²) in [6, 6.07) is 14.3. The molecule has 9 nitrogen and oxygen atoms in total. The summed E-state index contributed by atoms with van der Waals surface area (Å²) in [4.78, 5) is 61.6. The monoisotopic (exact) mass is 697 g/mol. The molecule has 0 spiro atoms. The quantitative estimate of drug-likeness (QED) is 0.293. The van der Waals surface area contributed by atoms with E-state index in [2.05, 4.69) is 53.6 Å². The molecule has 4 amide bonds. The molecule has 276 valence electrons. The molecule has 4 atom stereocenters. The second-order valence-corrected chi connectivity index (χ2v) is 16.5. The second-order valence-electron chi connectivity index (χ2n) is 16.5. The minimum absolute atomic E-state index is 0.00651. The lowest BCUT2D eigenvalue weighted by atomic mass is 9.84. The normalized spacial score (nSPS) is 20.9. The van der Waals surface area contributed by atoms with E-state index in [0.29, 0.717) is 18.5 Å². The number of fused-ring (bicyclic) bond motifs is 3. The lowest BCUT2D eigenvalue weighted by Crippen LogP contribution is -2.60. The molecule has 2 fully saturated rings. The highest BCUT2D eigenvalue weighted by atomic mass is 16.2. The van der Waals surface area contributed by atoms with Crippen molar-refractivity contribution < 1.29 is 19.2 Å². The molecule has 2 saturated heterocycles. The van der Waals surface area contributed by atoms with Crippen LogP contribution in [0.2, 0.25) is 0 Å². The van der Waals surface area contributed by atoms with Gasteiger partial charge in [-0.2, -0.15) is 0 Å². The lowest BCUT2D eigenvalue weighted by Gasteiger charge is -2.41. The van der Waals surface area contributed by atoms with Crippen molar-refractivity contribution in [2.75, 3.05) is 20.1 Å². The van der Waals surface area contributed by atoms with Gasteiger partial charge in [0.1, 0.15) is 12.1 Å². The van der Waals surface area contributed by atoms with Gasteiger partial charge >= 0.3 is 0 Å². The molecule has 2 heterocycles. The van der Waals surface area contributed by atoms with Gasteiger partial charge in [-0.25, -0.2) is 0 Å². The first kappa shape index (κ1) is 38.3. The molecular formula is C42H59N5O4. The molecular weight excluding hydrogens is 638 g/mol. The van der Waals surface area contributed by atoms with Gasteiger partial charge in [0.25, 0.3) is 0 Å². The minimum Gasteiger partial charge on any atom is -0.343 e. The number of amides is 4. The van der Waals surface area contributed by atoms with Crippen molar-refractivity contribution in [2.24, 2.45) is 11.3 Å². The average molecular weight is 698 g/mol. The first-order valence-corrected chi connectivity index (χ1v) is 18.9. The highest BCUT2D eigenvalue weighted by Crippen LogP contribution is 2.43. The van der Waals surface area contributed by atoms with E-state index in [1.54, 1.807) is 23.8 Å². The minimum atomic E-state index is -0.742. The maximum atomic E-state index is 14.3. The van der Waals surface area contributed by atoms with Crippen LogP contribution in [0.1, 0.15) is 105 Å². The molecule has 51 heavy (non-hydrogen) atoms. The van der Waals surface area contributed by atoms with Gasteiger partial charge in [-0.05, 0) is 86.6 Å². The first-order chi connectivity index (χ1) is 24.1. The van der Waals surface area contributed by atoms with Crippen LogP contribution in [0.4, 0.5) is 0 Å². The number of likely N-dealkylation sites (N-methyl/N-ethyl adjacent to an activating group) is 1. The van der Waals surface area contributed by atoms with Crippen molar-refractivity contribution in [3.05, 3.63) is 71.3 Å². The van der Waals surface area contributed by atoms with E-state index < -0.39 is 23.5 Å². The van der Waals surface area contributed by atoms with Crippen molar-refractivity contribution in [3.8, 4) is 11.1 Å². The number of likely N-dealkylation sites (tertiary alicyclic amines) is 2. The van der Waals surface area contributed by atoms with Gasteiger partial charge in [-0.3, -0.25) is 24.1 Å². The molecule has 0 saturated carbocycles. The zero-order chi connectivity index (χ0) is 37.2. The zero-order valence-electron chi connectivity index (χ0n) is 32.2. The fourth-order valence-electron chi connectivity index (χ4n) is 8.23. The van der Waals surface area contributed by atoms with Crippen LogP contribution in [0.5, 0.6) is 0 Å². The predicted molar refractivity (Wildman–Crippen MR) is 203 cm³/mol. The largest absolute Gasteiger partial charge is 0.343 e. The predicted octanol–water partition coefficient (Wildman–Crippen LogP) is 6.09. The molecule has 2 aromatic rings. The summed E-state index contributed by atoms with van der Waals surface area (Å²) in [7, 11) is 1.76. The van der Waals surface area contributed by atoms with Gasteiger partial charge < -0.3 is 20.4 Å². The van der Waals surface area contributed by atoms with Crippen LogP contribution >= 0.6 is 0 Å². The molecule has 5 rings (SSSR count). The molecule has 0 unspecified atom stereocenters. The summed E-state index contributed by atoms with van der Waals surface area (Å²) in [5, 5.41) is 6.44. The van der Waals surface area contributed by atoms with Crippen molar-refractivity contribution in [1.29, 1.82) is 0 Å². The molecule has 9 heteroatoms. The van der Waals surface area contributed by atoms with Crippen LogP contribution in [0.3, 0.4) is 0 Å². The molecule has 2 aromatic carbocycles. The van der Waals surface area contributed by atoms with Crippen molar-refractivity contribution in [1.82, 2.24) is 25.3 Å². The lowest BCUT2D eigenvalue weighted by molar-refractivity contribution is -0.142. The van der Waals surface area contributed by atoms with E-state index in [4.69, 9.17) is 0 Å². The molecule has 0 radical (unpaired) electrons. The third kappa shape index (κ3) is 8.09. The molecule has 3 aliphatic rings. The van der Waals surface area contributed by atoms with Crippen LogP contribution in [0, 0.1) is 11.3 Å². The number of hydrogen-bond acceptors (Lipinski definition) is 5. The fraction of sp³-hybridized carbons (Fsp3) is 0.571. The van der Waals surface area contributed by atoms with Crippen LogP contribution < -0.4 is 10.6 Å². The third-order valence-electron chi connectivity index (χ3n) is 11.1. The zero-order valence-corrected chi connectivity index (χ0v) is 32.2. The van der Waals surface area contributed by atoms with E-state index in [0.717, 1.165) is 54.5 Å². The third-order valence-corrected chi connectivity index (χ3v) is 11.1. The summed E-state index contributed by atoms with van der Waals surface area (Å²) in [5.74, 6) is -0.647. The Hall–Kier alpha value is -3.98. The van der Waals surface area contributed by atoms with Crippen molar-refractivity contribution in [2.45, 2.75) is 124 Å². The number of nitrogens with one attached hydrogen (secondary N) is 2. The van der Waals surface area contributed by atoms with Gasteiger partial charge in [-0.1, -0.05) is 95.6 Å². The Bertz CT molecular complexity index is 1600. The van der Waals surface area contributed by atoms with Crippen LogP contribution in [-0.4, -0.2) is 88.7 Å². The van der Waals surface area contributed by atoms with Gasteiger partial charge in [0.15, 0.2) is 0 Å². The number of carbonyl (C=O) groups is 4. The molecule has 2 N–H and O–H groups in total. The number of nitrogens with zero attached hydrogens (tertiary/aromatic N) is 3. The van der Waals surface area contributed by atoms with E-state index in [-0.39, 0.29) is 47.7 Å². The number of rotatable bonds is 10. The highest BCUT2D eigenvalue weighted by Gasteiger charge is 2.41. The smallest absolute Gasteiger partial charge is 0.249 e. The van der Waals surface area contributed by atoms with Gasteiger partial charge in [-0.15, -0.1) is 0 Å². The number of benzene rings is 2. The van der Waals surface area contributed by atoms with Gasteiger partial charge in [0, 0.05) is 25.2 Å². The highest BCUT2D eigenvalue weighted by molar-refractivity contribution is 5.98. The Morgan fingerprint density at radius 3 is 1.98 bits per heavy atom. The van der Waals surface area contributed by atoms with E-state index in [1.165, 1.54) is 0 Å². The number of hydrogen-bond donors (Lipinski definition) is 2. The van der Waals surface area contributed by atoms with Gasteiger partial charge in [0.05, 0.1) is 18.1 Å². The summed E-state index contributed by atoms with van der Waals surface area (Å²) in [6.07, 6.45) is 6.04. The number of carbonyl (C=O) groups excluding carboxylic acids is 4. The fourth-order valence-corrected chi connectivity index (χ4v) is 8.23. The maximum absolute atomic E-state index is 14.3. The Morgan fingerprint density at radius 2 is 1.41 bits per heavy atom. The summed E-state index contributed by atoms with van der Waals surface area (Å²) >= 11 is 0. The maximum Gasteiger partial charge on any atom is 0.249 e. The molecule has 0 aromatic heterocycles. The van der Waals surface area contributed by atoms with Crippen LogP contribution in [-0.2, 0) is 19.2 Å². The average Bonchev–Trinajstić information content (AvgIpc) is 3.71. The topological polar surface area (TPSA) is 102 Å². The Morgan fingerprint density at radius 1 is 0.824 bits per heavy atom. The SMILES string of the molecule is C/C(=C\[C@H](C(C)C)N(C)C(=O)[C@@H](NC(=O)[C@H]1CCCCN1C(C)C)C(C)(C)C)C(=O)N1CCC[C@H]1C(=O)NC1c2ccccc2-c2ccccc21. The van der Waals surface area contributed by atoms with Crippen LogP contribution in [0.25, 0.3) is 11.1 Å². The standard InChI is InChI=1S/C42H59N5O4/c1-26(2)35(45(9)41(51)37(42(6,7)8)44-39(49)33-21-14-15-23-46(33)27(3)4)25-28(5)40(50)47-24-16-22-34(47)38(48)43-36-31-19-12-10-17-29(31)30-18-11-13-20-32(30)36/h10-13,17-20,25-27,33-37H,14-16,21-24H2,1-9H3,(H,43,48)(H,44,49)/b28-25+/t33-,34+,35-,37-/m1/s1. The van der Waals surface area contributed by atoms with Crippen molar-refractivity contribution >= 4 is 23.6 Å². The Balaban J connectivity index is 1.31. The van der Waals surface area contributed by atoms with Crippen LogP contribution in [0.15, 0.2) is 60.2 Å². The Kier molecular flexibility index (Phi) is 11.8. The first-order valence-electron chi connectivity index (χ1n) is 18.9. The molecule has 2 aliphatic heterocycles. The number of piperidine rings is 1. The van der Waals surface area contributed by atoms with Crippen molar-refractivity contribution in [3.63, 3.8) is 0 Å². The van der Waals surface area contributed by atoms with Gasteiger partial charge in [0.2, 0.25) is 23.6 Å². The summed E-state index contributed by atoms with van der Waals surface area (Å²) in [6.45, 7) is 17.3. The molecule has 1 aliphatic carbocycles.